The summed E-state index contributed by atoms with van der Waals surface area (Å²) in [5.74, 6) is -1.57. The zero-order valence-electron chi connectivity index (χ0n) is 16.5. The van der Waals surface area contributed by atoms with Crippen LogP contribution in [0, 0.1) is 5.82 Å². The molecule has 0 unspecified atom stereocenters. The number of esters is 1. The van der Waals surface area contributed by atoms with Crippen molar-refractivity contribution in [3.05, 3.63) is 48.4 Å². The number of amides is 1. The van der Waals surface area contributed by atoms with Gasteiger partial charge >= 0.3 is 11.9 Å². The molecule has 0 radical (unpaired) electrons. The molecule has 2 aromatic carbocycles. The van der Waals surface area contributed by atoms with Crippen LogP contribution in [-0.4, -0.2) is 37.7 Å². The lowest BCUT2D eigenvalue weighted by Crippen LogP contribution is -2.25. The van der Waals surface area contributed by atoms with Gasteiger partial charge in [-0.05, 0) is 37.3 Å². The van der Waals surface area contributed by atoms with Crippen LogP contribution in [0.5, 0.6) is 23.0 Å². The average molecular weight is 414 g/mol. The van der Waals surface area contributed by atoms with Gasteiger partial charge in [-0.25, -0.2) is 9.18 Å². The number of halogens is 1. The van der Waals surface area contributed by atoms with E-state index in [1.54, 1.807) is 25.1 Å². The molecular weight excluding hydrogens is 395 g/mol. The number of ether oxygens (including phenoxy) is 4. The highest BCUT2D eigenvalue weighted by atomic mass is 19.1. The van der Waals surface area contributed by atoms with E-state index in [0.29, 0.717) is 28.2 Å². The molecule has 8 nitrogen and oxygen atoms in total. The summed E-state index contributed by atoms with van der Waals surface area (Å²) in [4.78, 5) is 27.4. The SMILES string of the molecule is CCOC(=O)C(=O)Nc1ccc(Oc2ccnc3c(OC)c(OC)ccc23)c(F)c1. The Balaban J connectivity index is 1.87. The zero-order valence-corrected chi connectivity index (χ0v) is 16.5. The van der Waals surface area contributed by atoms with E-state index in [2.05, 4.69) is 15.0 Å². The van der Waals surface area contributed by atoms with Crippen LogP contribution < -0.4 is 19.5 Å². The highest BCUT2D eigenvalue weighted by Gasteiger charge is 2.17. The first kappa shape index (κ1) is 20.8. The third kappa shape index (κ3) is 4.24. The van der Waals surface area contributed by atoms with Gasteiger partial charge in [-0.1, -0.05) is 0 Å². The summed E-state index contributed by atoms with van der Waals surface area (Å²) in [5.41, 5.74) is 0.581. The lowest BCUT2D eigenvalue weighted by atomic mass is 10.1. The Hall–Kier alpha value is -3.88. The Morgan fingerprint density at radius 1 is 1.03 bits per heavy atom. The van der Waals surface area contributed by atoms with Crippen LogP contribution in [0.1, 0.15) is 6.92 Å². The van der Waals surface area contributed by atoms with Crippen molar-refractivity contribution in [2.75, 3.05) is 26.1 Å². The molecule has 156 valence electrons. The number of carbonyl (C=O) groups is 2. The Morgan fingerprint density at radius 3 is 2.47 bits per heavy atom. The molecule has 0 aliphatic heterocycles. The third-order valence-electron chi connectivity index (χ3n) is 4.08. The van der Waals surface area contributed by atoms with Crippen molar-refractivity contribution in [3.8, 4) is 23.0 Å². The van der Waals surface area contributed by atoms with E-state index >= 15 is 0 Å². The summed E-state index contributed by atoms with van der Waals surface area (Å²) in [5, 5.41) is 2.86. The minimum absolute atomic E-state index is 0.0595. The number of nitrogens with one attached hydrogen (secondary N) is 1. The summed E-state index contributed by atoms with van der Waals surface area (Å²) >= 11 is 0. The van der Waals surface area contributed by atoms with Crippen LogP contribution in [0.2, 0.25) is 0 Å². The van der Waals surface area contributed by atoms with Crippen LogP contribution >= 0.6 is 0 Å². The Bertz CT molecular complexity index is 1100. The van der Waals surface area contributed by atoms with E-state index in [1.807, 2.05) is 0 Å². The summed E-state index contributed by atoms with van der Waals surface area (Å²) in [7, 11) is 3.01. The van der Waals surface area contributed by atoms with Gasteiger partial charge in [0.1, 0.15) is 11.3 Å². The van der Waals surface area contributed by atoms with Crippen molar-refractivity contribution in [2.24, 2.45) is 0 Å². The van der Waals surface area contributed by atoms with Gasteiger partial charge in [0, 0.05) is 23.3 Å². The van der Waals surface area contributed by atoms with Gasteiger partial charge in [0.15, 0.2) is 23.1 Å². The number of rotatable bonds is 6. The molecule has 1 N–H and O–H groups in total. The van der Waals surface area contributed by atoms with Crippen molar-refractivity contribution in [2.45, 2.75) is 6.92 Å². The van der Waals surface area contributed by atoms with Gasteiger partial charge in [0.25, 0.3) is 0 Å². The van der Waals surface area contributed by atoms with Gasteiger partial charge in [-0.2, -0.15) is 0 Å². The highest BCUT2D eigenvalue weighted by Crippen LogP contribution is 2.39. The maximum Gasteiger partial charge on any atom is 0.397 e. The number of hydrogen-bond acceptors (Lipinski definition) is 7. The number of aromatic nitrogens is 1. The van der Waals surface area contributed by atoms with Crippen LogP contribution in [-0.2, 0) is 14.3 Å². The van der Waals surface area contributed by atoms with Gasteiger partial charge in [0.05, 0.1) is 20.8 Å². The number of pyridine rings is 1. The van der Waals surface area contributed by atoms with Crippen LogP contribution in [0.3, 0.4) is 0 Å². The van der Waals surface area contributed by atoms with Gasteiger partial charge < -0.3 is 24.3 Å². The number of methoxy groups -OCH3 is 2. The summed E-state index contributed by atoms with van der Waals surface area (Å²) in [6.07, 6.45) is 1.51. The Morgan fingerprint density at radius 2 is 1.80 bits per heavy atom. The number of fused-ring (bicyclic) bond motifs is 1. The molecule has 0 bridgehead atoms. The maximum absolute atomic E-state index is 14.5. The summed E-state index contributed by atoms with van der Waals surface area (Å²) < 4.78 is 35.5. The van der Waals surface area contributed by atoms with E-state index in [0.717, 1.165) is 6.07 Å². The van der Waals surface area contributed by atoms with Crippen molar-refractivity contribution in [1.82, 2.24) is 4.98 Å². The number of carbonyl (C=O) groups excluding carboxylic acids is 2. The van der Waals surface area contributed by atoms with E-state index in [1.165, 1.54) is 32.5 Å². The molecule has 1 amide bonds. The lowest BCUT2D eigenvalue weighted by molar-refractivity contribution is -0.152. The largest absolute Gasteiger partial charge is 0.493 e. The quantitative estimate of drug-likeness (QED) is 0.485. The number of anilines is 1. The summed E-state index contributed by atoms with van der Waals surface area (Å²) in [6, 6.07) is 8.79. The molecule has 1 heterocycles. The van der Waals surface area contributed by atoms with Crippen molar-refractivity contribution in [3.63, 3.8) is 0 Å². The predicted octanol–water partition coefficient (Wildman–Crippen LogP) is 3.69. The molecule has 3 rings (SSSR count). The molecule has 3 aromatic rings. The van der Waals surface area contributed by atoms with Gasteiger partial charge in [-0.15, -0.1) is 0 Å². The third-order valence-corrected chi connectivity index (χ3v) is 4.08. The van der Waals surface area contributed by atoms with Crippen molar-refractivity contribution >= 4 is 28.5 Å². The first-order chi connectivity index (χ1) is 14.5. The van der Waals surface area contributed by atoms with E-state index in [9.17, 15) is 14.0 Å². The van der Waals surface area contributed by atoms with Crippen LogP contribution in [0.25, 0.3) is 10.9 Å². The molecule has 1 aromatic heterocycles. The Labute approximate surface area is 171 Å². The molecular formula is C21H19FN2O6. The van der Waals surface area contributed by atoms with Gasteiger partial charge in [0.2, 0.25) is 0 Å². The van der Waals surface area contributed by atoms with E-state index in [-0.39, 0.29) is 18.0 Å². The second-order valence-corrected chi connectivity index (χ2v) is 5.93. The van der Waals surface area contributed by atoms with E-state index < -0.39 is 17.7 Å². The van der Waals surface area contributed by atoms with Crippen molar-refractivity contribution in [1.29, 1.82) is 0 Å². The van der Waals surface area contributed by atoms with Crippen molar-refractivity contribution < 1.29 is 32.9 Å². The molecule has 0 aliphatic rings. The minimum atomic E-state index is -1.05. The fourth-order valence-corrected chi connectivity index (χ4v) is 2.75. The molecule has 0 saturated heterocycles. The zero-order chi connectivity index (χ0) is 21.7. The fourth-order valence-electron chi connectivity index (χ4n) is 2.75. The molecule has 0 saturated carbocycles. The Kier molecular flexibility index (Phi) is 6.31. The van der Waals surface area contributed by atoms with Crippen LogP contribution in [0.15, 0.2) is 42.6 Å². The second-order valence-electron chi connectivity index (χ2n) is 5.93. The monoisotopic (exact) mass is 414 g/mol. The topological polar surface area (TPSA) is 96.0 Å². The smallest absolute Gasteiger partial charge is 0.397 e. The van der Waals surface area contributed by atoms with Gasteiger partial charge in [-0.3, -0.25) is 9.78 Å². The molecule has 9 heteroatoms. The normalized spacial score (nSPS) is 10.4. The first-order valence-electron chi connectivity index (χ1n) is 8.93. The predicted molar refractivity (Wildman–Crippen MR) is 107 cm³/mol. The van der Waals surface area contributed by atoms with Crippen LogP contribution in [0.4, 0.5) is 10.1 Å². The molecule has 0 spiro atoms. The fraction of sp³-hybridized carbons (Fsp3) is 0.190. The minimum Gasteiger partial charge on any atom is -0.493 e. The number of nitrogens with zero attached hydrogens (tertiary/aromatic N) is 1. The molecule has 0 fully saturated rings. The van der Waals surface area contributed by atoms with E-state index in [4.69, 9.17) is 14.2 Å². The average Bonchev–Trinajstić information content (AvgIpc) is 2.74. The molecule has 30 heavy (non-hydrogen) atoms. The maximum atomic E-state index is 14.5. The highest BCUT2D eigenvalue weighted by molar-refractivity contribution is 6.37. The number of hydrogen-bond donors (Lipinski definition) is 1. The summed E-state index contributed by atoms with van der Waals surface area (Å²) in [6.45, 7) is 1.63. The standard InChI is InChI=1S/C21H19FN2O6/c1-4-29-21(26)20(25)24-12-5-7-16(14(22)11-12)30-15-9-10-23-18-13(15)6-8-17(27-2)19(18)28-3/h5-11H,4H2,1-3H3,(H,24,25). The molecule has 0 aliphatic carbocycles. The second kappa shape index (κ2) is 9.08. The number of benzene rings is 2. The molecule has 0 atom stereocenters. The lowest BCUT2D eigenvalue weighted by Gasteiger charge is -2.13. The first-order valence-corrected chi connectivity index (χ1v) is 8.93.